The van der Waals surface area contributed by atoms with Gasteiger partial charge in [-0.1, -0.05) is 17.7 Å². The Morgan fingerprint density at radius 3 is 2.62 bits per heavy atom. The lowest BCUT2D eigenvalue weighted by Gasteiger charge is -2.23. The van der Waals surface area contributed by atoms with Crippen molar-refractivity contribution in [3.63, 3.8) is 0 Å². The van der Waals surface area contributed by atoms with Gasteiger partial charge < -0.3 is 15.5 Å². The number of pyridine rings is 1. The van der Waals surface area contributed by atoms with E-state index >= 15 is 0 Å². The number of carbonyl (C=O) groups excluding carboxylic acids is 2. The summed E-state index contributed by atoms with van der Waals surface area (Å²) in [4.78, 5) is 32.6. The Bertz CT molecular complexity index is 1060. The molecule has 1 aliphatic carbocycles. The van der Waals surface area contributed by atoms with E-state index in [-0.39, 0.29) is 29.4 Å². The van der Waals surface area contributed by atoms with E-state index in [0.29, 0.717) is 49.7 Å². The van der Waals surface area contributed by atoms with Gasteiger partial charge in [-0.15, -0.1) is 0 Å². The predicted molar refractivity (Wildman–Crippen MR) is 123 cm³/mol. The summed E-state index contributed by atoms with van der Waals surface area (Å²) in [6.45, 7) is 2.36. The van der Waals surface area contributed by atoms with Crippen molar-refractivity contribution in [1.82, 2.24) is 15.2 Å². The van der Waals surface area contributed by atoms with Crippen molar-refractivity contribution in [2.24, 2.45) is 0 Å². The van der Waals surface area contributed by atoms with Gasteiger partial charge >= 0.3 is 6.18 Å². The molecule has 2 N–H and O–H groups in total. The van der Waals surface area contributed by atoms with Gasteiger partial charge in [-0.2, -0.15) is 13.2 Å². The largest absolute Gasteiger partial charge is 0.417 e. The molecule has 2 amide bonds. The van der Waals surface area contributed by atoms with E-state index in [1.807, 2.05) is 9.80 Å². The van der Waals surface area contributed by atoms with E-state index in [4.69, 9.17) is 11.6 Å². The second kappa shape index (κ2) is 10.2. The highest BCUT2D eigenvalue weighted by molar-refractivity contribution is 6.33. The van der Waals surface area contributed by atoms with Crippen molar-refractivity contribution in [3.8, 4) is 0 Å². The van der Waals surface area contributed by atoms with Crippen molar-refractivity contribution >= 4 is 34.9 Å². The lowest BCUT2D eigenvalue weighted by molar-refractivity contribution is -0.137. The number of halogens is 4. The number of anilines is 2. The van der Waals surface area contributed by atoms with Crippen LogP contribution in [0.5, 0.6) is 0 Å². The Kier molecular flexibility index (Phi) is 7.27. The van der Waals surface area contributed by atoms with Crippen LogP contribution in [-0.2, 0) is 11.0 Å². The van der Waals surface area contributed by atoms with Gasteiger partial charge in [-0.05, 0) is 43.5 Å². The second-order valence-electron chi connectivity index (χ2n) is 8.52. The molecule has 0 spiro atoms. The van der Waals surface area contributed by atoms with Crippen molar-refractivity contribution < 1.29 is 22.8 Å². The molecule has 0 bridgehead atoms. The number of nitrogens with one attached hydrogen (secondary N) is 2. The van der Waals surface area contributed by atoms with Crippen LogP contribution in [0, 0.1) is 0 Å². The number of nitrogens with zero attached hydrogens (tertiary/aromatic N) is 3. The fourth-order valence-corrected chi connectivity index (χ4v) is 4.08. The number of carbonyl (C=O) groups is 2. The monoisotopic (exact) mass is 495 g/mol. The van der Waals surface area contributed by atoms with Crippen LogP contribution in [0.1, 0.15) is 35.2 Å². The highest BCUT2D eigenvalue weighted by Gasteiger charge is 2.32. The molecule has 1 aromatic heterocycles. The minimum Gasteiger partial charge on any atom is -0.354 e. The Labute approximate surface area is 200 Å². The van der Waals surface area contributed by atoms with Gasteiger partial charge in [0.25, 0.3) is 5.91 Å². The molecule has 0 atom stereocenters. The number of amides is 2. The summed E-state index contributed by atoms with van der Waals surface area (Å²) in [5.41, 5.74) is 0.158. The highest BCUT2D eigenvalue weighted by Crippen LogP contribution is 2.33. The van der Waals surface area contributed by atoms with Crippen molar-refractivity contribution in [1.29, 1.82) is 0 Å². The molecule has 182 valence electrons. The topological polar surface area (TPSA) is 77.6 Å². The zero-order valence-corrected chi connectivity index (χ0v) is 19.1. The van der Waals surface area contributed by atoms with Crippen LogP contribution in [0.25, 0.3) is 0 Å². The molecule has 2 aromatic rings. The molecule has 4 rings (SSSR count). The van der Waals surface area contributed by atoms with Crippen LogP contribution >= 0.6 is 11.6 Å². The molecule has 0 unspecified atom stereocenters. The number of rotatable bonds is 6. The second-order valence-corrected chi connectivity index (χ2v) is 8.93. The lowest BCUT2D eigenvalue weighted by Crippen LogP contribution is -2.36. The molecule has 1 saturated carbocycles. The quantitative estimate of drug-likeness (QED) is 0.637. The summed E-state index contributed by atoms with van der Waals surface area (Å²) >= 11 is 6.09. The molecular formula is C23H25ClF3N5O2. The van der Waals surface area contributed by atoms with Crippen LogP contribution < -0.4 is 15.5 Å². The molecule has 2 fully saturated rings. The average molecular weight is 496 g/mol. The number of aromatic nitrogens is 1. The molecule has 0 radical (unpaired) electrons. The number of hydrogen-bond donors (Lipinski definition) is 2. The first kappa shape index (κ1) is 24.3. The maximum Gasteiger partial charge on any atom is 0.417 e. The van der Waals surface area contributed by atoms with Gasteiger partial charge in [-0.25, -0.2) is 4.98 Å². The van der Waals surface area contributed by atoms with Crippen LogP contribution in [-0.4, -0.2) is 60.5 Å². The highest BCUT2D eigenvalue weighted by atomic mass is 35.5. The van der Waals surface area contributed by atoms with Gasteiger partial charge in [0.15, 0.2) is 0 Å². The maximum absolute atomic E-state index is 12.9. The minimum atomic E-state index is -4.50. The summed E-state index contributed by atoms with van der Waals surface area (Å²) in [5.74, 6) is -0.0529. The van der Waals surface area contributed by atoms with E-state index in [1.54, 1.807) is 24.3 Å². The first-order chi connectivity index (χ1) is 16.2. The zero-order chi connectivity index (χ0) is 24.3. The Morgan fingerprint density at radius 1 is 1.12 bits per heavy atom. The van der Waals surface area contributed by atoms with E-state index in [1.165, 1.54) is 0 Å². The van der Waals surface area contributed by atoms with Crippen LogP contribution in [0.3, 0.4) is 0 Å². The van der Waals surface area contributed by atoms with Gasteiger partial charge in [0.05, 0.1) is 17.1 Å². The molecule has 2 heterocycles. The third-order valence-corrected chi connectivity index (χ3v) is 6.00. The van der Waals surface area contributed by atoms with Gasteiger partial charge in [0.2, 0.25) is 5.91 Å². The smallest absolute Gasteiger partial charge is 0.354 e. The molecule has 7 nitrogen and oxygen atoms in total. The average Bonchev–Trinajstić information content (AvgIpc) is 3.61. The fourth-order valence-electron chi connectivity index (χ4n) is 3.80. The van der Waals surface area contributed by atoms with Crippen LogP contribution in [0.4, 0.5) is 24.7 Å². The number of hydrogen-bond acceptors (Lipinski definition) is 5. The van der Waals surface area contributed by atoms with Crippen LogP contribution in [0.15, 0.2) is 36.5 Å². The zero-order valence-electron chi connectivity index (χ0n) is 18.4. The SMILES string of the molecule is O=C(CN1CCCN(c2ncc(C(F)(F)F)cc2Cl)CC1)Nc1cccc(C(=O)NC2CC2)c1. The predicted octanol–water partition coefficient (Wildman–Crippen LogP) is 3.80. The summed E-state index contributed by atoms with van der Waals surface area (Å²) < 4.78 is 38.6. The van der Waals surface area contributed by atoms with E-state index in [9.17, 15) is 22.8 Å². The summed E-state index contributed by atoms with van der Waals surface area (Å²) in [6, 6.07) is 7.95. The Morgan fingerprint density at radius 2 is 1.91 bits per heavy atom. The summed E-state index contributed by atoms with van der Waals surface area (Å²) in [6.07, 6.45) is -1.02. The van der Waals surface area contributed by atoms with Gasteiger partial charge in [0.1, 0.15) is 5.82 Å². The molecule has 1 saturated heterocycles. The Balaban J connectivity index is 1.31. The normalized spacial score (nSPS) is 17.2. The number of alkyl halides is 3. The molecule has 1 aromatic carbocycles. The van der Waals surface area contributed by atoms with E-state index < -0.39 is 11.7 Å². The summed E-state index contributed by atoms with van der Waals surface area (Å²) in [5, 5.41) is 5.70. The van der Waals surface area contributed by atoms with Gasteiger partial charge in [-0.3, -0.25) is 14.5 Å². The third kappa shape index (κ3) is 6.38. The Hall–Kier alpha value is -2.85. The lowest BCUT2D eigenvalue weighted by atomic mass is 10.2. The van der Waals surface area contributed by atoms with Gasteiger partial charge in [0, 0.05) is 49.7 Å². The number of benzene rings is 1. The molecule has 1 aliphatic heterocycles. The molecule has 11 heteroatoms. The molecular weight excluding hydrogens is 471 g/mol. The fraction of sp³-hybridized carbons (Fsp3) is 0.435. The van der Waals surface area contributed by atoms with Crippen molar-refractivity contribution in [2.75, 3.05) is 42.9 Å². The molecule has 2 aliphatic rings. The van der Waals surface area contributed by atoms with E-state index in [0.717, 1.165) is 25.1 Å². The van der Waals surface area contributed by atoms with E-state index in [2.05, 4.69) is 15.6 Å². The van der Waals surface area contributed by atoms with Crippen LogP contribution in [0.2, 0.25) is 5.02 Å². The standard InChI is InChI=1S/C23H25ClF3N5O2/c24-19-12-16(23(25,26)27)13-28-21(19)32-8-2-7-31(9-10-32)14-20(33)29-18-4-1-3-15(11-18)22(34)30-17-5-6-17/h1,3-4,11-13,17H,2,5-10,14H2,(H,29,33)(H,30,34). The van der Waals surface area contributed by atoms with Crippen molar-refractivity contribution in [3.05, 3.63) is 52.7 Å². The maximum atomic E-state index is 12.9. The minimum absolute atomic E-state index is 0.0494. The first-order valence-corrected chi connectivity index (χ1v) is 11.5. The molecule has 34 heavy (non-hydrogen) atoms. The summed E-state index contributed by atoms with van der Waals surface area (Å²) in [7, 11) is 0. The van der Waals surface area contributed by atoms with Crippen molar-refractivity contribution in [2.45, 2.75) is 31.5 Å². The third-order valence-electron chi connectivity index (χ3n) is 5.73. The first-order valence-electron chi connectivity index (χ1n) is 11.1.